The van der Waals surface area contributed by atoms with Crippen LogP contribution >= 0.6 is 0 Å². The van der Waals surface area contributed by atoms with E-state index >= 15 is 0 Å². The minimum atomic E-state index is -1.05. The fraction of sp³-hybridized carbons (Fsp3) is 0. The second kappa shape index (κ2) is 2.48. The minimum Gasteiger partial charge on any atom is -0.478 e. The van der Waals surface area contributed by atoms with Crippen LogP contribution in [0.25, 0.3) is 10.9 Å². The van der Waals surface area contributed by atoms with Crippen LogP contribution in [0.5, 0.6) is 0 Å². The lowest BCUT2D eigenvalue weighted by Gasteiger charge is -1.93. The number of aromatic carboxylic acids is 1. The number of rotatable bonds is 1. The smallest absolute Gasteiger partial charge is 0.337 e. The van der Waals surface area contributed by atoms with Gasteiger partial charge >= 0.3 is 5.97 Å². The number of H-pyrrole nitrogens is 2. The van der Waals surface area contributed by atoms with E-state index in [4.69, 9.17) is 5.11 Å². The van der Waals surface area contributed by atoms with Crippen molar-refractivity contribution < 1.29 is 9.90 Å². The Morgan fingerprint density at radius 1 is 1.31 bits per heavy atom. The first kappa shape index (κ1) is 7.60. The monoisotopic (exact) mass is 178 g/mol. The lowest BCUT2D eigenvalue weighted by atomic mass is 10.1. The van der Waals surface area contributed by atoms with E-state index in [2.05, 4.69) is 10.2 Å². The van der Waals surface area contributed by atoms with Gasteiger partial charge in [0.05, 0.1) is 16.5 Å². The molecule has 0 atom stereocenters. The summed E-state index contributed by atoms with van der Waals surface area (Å²) >= 11 is 0. The van der Waals surface area contributed by atoms with Gasteiger partial charge in [0, 0.05) is 0 Å². The average molecular weight is 178 g/mol. The summed E-state index contributed by atoms with van der Waals surface area (Å²) in [7, 11) is 0. The van der Waals surface area contributed by atoms with Gasteiger partial charge in [-0.15, -0.1) is 0 Å². The van der Waals surface area contributed by atoms with Crippen molar-refractivity contribution in [1.29, 1.82) is 0 Å². The SMILES string of the molecule is O=C(O)c1cccc2c(=O)[nH][nH]c12. The number of carboxylic acid groups (broad SMARTS) is 1. The Morgan fingerprint density at radius 3 is 2.77 bits per heavy atom. The Bertz CT molecular complexity index is 523. The van der Waals surface area contributed by atoms with Crippen LogP contribution in [-0.4, -0.2) is 21.3 Å². The molecular weight excluding hydrogens is 172 g/mol. The molecule has 5 heteroatoms. The van der Waals surface area contributed by atoms with Crippen LogP contribution in [0.4, 0.5) is 0 Å². The van der Waals surface area contributed by atoms with Crippen LogP contribution in [0.3, 0.4) is 0 Å². The average Bonchev–Trinajstić information content (AvgIpc) is 2.48. The molecule has 0 fully saturated rings. The summed E-state index contributed by atoms with van der Waals surface area (Å²) in [4.78, 5) is 21.8. The summed E-state index contributed by atoms with van der Waals surface area (Å²) in [5.41, 5.74) is 0.119. The zero-order valence-corrected chi connectivity index (χ0v) is 6.50. The molecule has 0 aliphatic rings. The molecule has 0 unspecified atom stereocenters. The number of aromatic amines is 2. The van der Waals surface area contributed by atoms with Crippen molar-refractivity contribution in [3.05, 3.63) is 34.1 Å². The van der Waals surface area contributed by atoms with Crippen molar-refractivity contribution in [1.82, 2.24) is 10.2 Å². The first-order chi connectivity index (χ1) is 6.20. The molecule has 0 saturated heterocycles. The Labute approximate surface area is 72.0 Å². The van der Waals surface area contributed by atoms with Gasteiger partial charge in [-0.2, -0.15) is 0 Å². The van der Waals surface area contributed by atoms with Gasteiger partial charge in [-0.05, 0) is 12.1 Å². The zero-order chi connectivity index (χ0) is 9.42. The molecule has 1 aromatic carbocycles. The largest absolute Gasteiger partial charge is 0.478 e. The van der Waals surface area contributed by atoms with Gasteiger partial charge in [-0.25, -0.2) is 4.79 Å². The van der Waals surface area contributed by atoms with Crippen LogP contribution in [-0.2, 0) is 0 Å². The third-order valence-corrected chi connectivity index (χ3v) is 1.84. The number of aromatic nitrogens is 2. The minimum absolute atomic E-state index is 0.0934. The molecule has 0 aliphatic carbocycles. The van der Waals surface area contributed by atoms with Gasteiger partial charge < -0.3 is 5.11 Å². The highest BCUT2D eigenvalue weighted by molar-refractivity contribution is 6.01. The summed E-state index contributed by atoms with van der Waals surface area (Å²) in [6.45, 7) is 0. The number of benzene rings is 1. The molecule has 0 bridgehead atoms. The Balaban J connectivity index is 2.92. The van der Waals surface area contributed by atoms with Gasteiger partial charge in [0.1, 0.15) is 0 Å². The van der Waals surface area contributed by atoms with Crippen LogP contribution in [0.1, 0.15) is 10.4 Å². The number of hydrogen-bond donors (Lipinski definition) is 3. The summed E-state index contributed by atoms with van der Waals surface area (Å²) < 4.78 is 0. The number of para-hydroxylation sites is 1. The number of carbonyl (C=O) groups is 1. The molecule has 2 aromatic rings. The second-order valence-corrected chi connectivity index (χ2v) is 2.61. The number of carboxylic acids is 1. The number of fused-ring (bicyclic) bond motifs is 1. The van der Waals surface area contributed by atoms with E-state index in [1.807, 2.05) is 0 Å². The van der Waals surface area contributed by atoms with E-state index in [-0.39, 0.29) is 11.1 Å². The van der Waals surface area contributed by atoms with E-state index in [0.717, 1.165) is 0 Å². The molecule has 2 rings (SSSR count). The van der Waals surface area contributed by atoms with Crippen LogP contribution in [0.15, 0.2) is 23.0 Å². The first-order valence-corrected chi connectivity index (χ1v) is 3.63. The molecule has 1 heterocycles. The van der Waals surface area contributed by atoms with E-state index in [0.29, 0.717) is 10.9 Å². The van der Waals surface area contributed by atoms with E-state index in [1.54, 1.807) is 6.07 Å². The maximum Gasteiger partial charge on any atom is 0.337 e. The van der Waals surface area contributed by atoms with E-state index in [1.165, 1.54) is 12.1 Å². The van der Waals surface area contributed by atoms with Gasteiger partial charge in [-0.1, -0.05) is 6.07 Å². The van der Waals surface area contributed by atoms with Gasteiger partial charge in [0.25, 0.3) is 5.56 Å². The van der Waals surface area contributed by atoms with Gasteiger partial charge in [0.15, 0.2) is 0 Å². The Morgan fingerprint density at radius 2 is 2.08 bits per heavy atom. The summed E-state index contributed by atoms with van der Waals surface area (Å²) in [6, 6.07) is 4.54. The highest BCUT2D eigenvalue weighted by Crippen LogP contribution is 2.11. The summed E-state index contributed by atoms with van der Waals surface area (Å²) in [6.07, 6.45) is 0. The topological polar surface area (TPSA) is 85.9 Å². The highest BCUT2D eigenvalue weighted by Gasteiger charge is 2.10. The van der Waals surface area contributed by atoms with Crippen LogP contribution in [0, 0.1) is 0 Å². The zero-order valence-electron chi connectivity index (χ0n) is 6.50. The highest BCUT2D eigenvalue weighted by atomic mass is 16.4. The van der Waals surface area contributed by atoms with Crippen molar-refractivity contribution in [3.8, 4) is 0 Å². The van der Waals surface area contributed by atoms with Crippen LogP contribution in [0.2, 0.25) is 0 Å². The lowest BCUT2D eigenvalue weighted by Crippen LogP contribution is -1.99. The molecule has 13 heavy (non-hydrogen) atoms. The second-order valence-electron chi connectivity index (χ2n) is 2.61. The van der Waals surface area contributed by atoms with Crippen molar-refractivity contribution in [2.75, 3.05) is 0 Å². The maximum absolute atomic E-state index is 11.1. The Kier molecular flexibility index (Phi) is 1.45. The molecule has 3 N–H and O–H groups in total. The normalized spacial score (nSPS) is 10.5. The number of nitrogens with one attached hydrogen (secondary N) is 2. The van der Waals surface area contributed by atoms with E-state index < -0.39 is 5.97 Å². The quantitative estimate of drug-likeness (QED) is 0.596. The van der Waals surface area contributed by atoms with Crippen molar-refractivity contribution in [2.45, 2.75) is 0 Å². The van der Waals surface area contributed by atoms with Gasteiger partial charge in [-0.3, -0.25) is 15.0 Å². The molecule has 66 valence electrons. The van der Waals surface area contributed by atoms with Gasteiger partial charge in [0.2, 0.25) is 0 Å². The summed E-state index contributed by atoms with van der Waals surface area (Å²) in [5, 5.41) is 14.0. The molecule has 0 radical (unpaired) electrons. The number of hydrogen-bond acceptors (Lipinski definition) is 2. The van der Waals surface area contributed by atoms with Crippen molar-refractivity contribution in [3.63, 3.8) is 0 Å². The van der Waals surface area contributed by atoms with Crippen LogP contribution < -0.4 is 5.56 Å². The first-order valence-electron chi connectivity index (χ1n) is 3.63. The lowest BCUT2D eigenvalue weighted by molar-refractivity contribution is 0.0699. The maximum atomic E-state index is 11.1. The Hall–Kier alpha value is -2.04. The molecule has 0 spiro atoms. The molecule has 0 amide bonds. The molecular formula is C8H6N2O3. The van der Waals surface area contributed by atoms with Crippen molar-refractivity contribution in [2.24, 2.45) is 0 Å². The third-order valence-electron chi connectivity index (χ3n) is 1.84. The predicted molar refractivity (Wildman–Crippen MR) is 45.9 cm³/mol. The predicted octanol–water partition coefficient (Wildman–Crippen LogP) is 0.554. The third kappa shape index (κ3) is 1.01. The molecule has 1 aromatic heterocycles. The molecule has 5 nitrogen and oxygen atoms in total. The fourth-order valence-electron chi connectivity index (χ4n) is 1.24. The fourth-order valence-corrected chi connectivity index (χ4v) is 1.24. The van der Waals surface area contributed by atoms with E-state index in [9.17, 15) is 9.59 Å². The molecule has 0 aliphatic heterocycles. The summed E-state index contributed by atoms with van der Waals surface area (Å²) in [5.74, 6) is -1.05. The molecule has 0 saturated carbocycles. The van der Waals surface area contributed by atoms with Crippen molar-refractivity contribution >= 4 is 16.9 Å². The standard InChI is InChI=1S/C8H6N2O3/c11-7-4-2-1-3-5(8(12)13)6(4)9-10-7/h1-3H,(H,12,13)(H2,9,10,11).